The second-order valence-corrected chi connectivity index (χ2v) is 5.71. The highest BCUT2D eigenvalue weighted by Gasteiger charge is 2.34. The molecule has 3 rings (SSSR count). The molecule has 0 saturated carbocycles. The molecule has 0 saturated heterocycles. The van der Waals surface area contributed by atoms with Crippen LogP contribution in [-0.2, 0) is 6.54 Å². The predicted molar refractivity (Wildman–Crippen MR) is 85.2 cm³/mol. The van der Waals surface area contributed by atoms with Gasteiger partial charge in [0.05, 0.1) is 33.0 Å². The SMILES string of the molecule is COc1ccc(OC)c2c1CN(C(=O)c1oc(C)nc1C)C[C@@H]2O. The van der Waals surface area contributed by atoms with Crippen molar-refractivity contribution in [3.05, 3.63) is 40.6 Å². The monoisotopic (exact) mass is 332 g/mol. The quantitative estimate of drug-likeness (QED) is 0.925. The van der Waals surface area contributed by atoms with Crippen LogP contribution in [0.5, 0.6) is 11.5 Å². The molecule has 2 aromatic rings. The molecule has 1 atom stereocenters. The fraction of sp³-hybridized carbons (Fsp3) is 0.412. The first-order valence-electron chi connectivity index (χ1n) is 7.61. The molecule has 1 aromatic heterocycles. The van der Waals surface area contributed by atoms with E-state index in [4.69, 9.17) is 13.9 Å². The number of benzene rings is 1. The van der Waals surface area contributed by atoms with E-state index in [1.54, 1.807) is 40.2 Å². The highest BCUT2D eigenvalue weighted by atomic mass is 16.5. The van der Waals surface area contributed by atoms with Gasteiger partial charge in [-0.1, -0.05) is 0 Å². The van der Waals surface area contributed by atoms with Crippen LogP contribution in [0.15, 0.2) is 16.5 Å². The normalized spacial score (nSPS) is 16.7. The molecule has 0 unspecified atom stereocenters. The molecular weight excluding hydrogens is 312 g/mol. The minimum Gasteiger partial charge on any atom is -0.496 e. The average molecular weight is 332 g/mol. The van der Waals surface area contributed by atoms with E-state index < -0.39 is 6.10 Å². The van der Waals surface area contributed by atoms with Gasteiger partial charge in [-0.3, -0.25) is 4.79 Å². The van der Waals surface area contributed by atoms with E-state index in [9.17, 15) is 9.90 Å². The van der Waals surface area contributed by atoms with Gasteiger partial charge in [0, 0.05) is 18.1 Å². The maximum atomic E-state index is 12.8. The molecule has 0 spiro atoms. The van der Waals surface area contributed by atoms with Gasteiger partial charge in [-0.25, -0.2) is 4.98 Å². The van der Waals surface area contributed by atoms with Crippen molar-refractivity contribution in [3.63, 3.8) is 0 Å². The molecule has 0 fully saturated rings. The molecule has 7 nitrogen and oxygen atoms in total. The van der Waals surface area contributed by atoms with E-state index >= 15 is 0 Å². The molecule has 128 valence electrons. The second kappa shape index (κ2) is 6.16. The molecule has 24 heavy (non-hydrogen) atoms. The van der Waals surface area contributed by atoms with Gasteiger partial charge in [0.1, 0.15) is 17.6 Å². The summed E-state index contributed by atoms with van der Waals surface area (Å²) in [7, 11) is 3.10. The summed E-state index contributed by atoms with van der Waals surface area (Å²) in [4.78, 5) is 18.4. The predicted octanol–water partition coefficient (Wildman–Crippen LogP) is 2.00. The van der Waals surface area contributed by atoms with E-state index in [-0.39, 0.29) is 18.2 Å². The maximum Gasteiger partial charge on any atom is 0.291 e. The minimum atomic E-state index is -0.868. The molecule has 0 bridgehead atoms. The smallest absolute Gasteiger partial charge is 0.291 e. The van der Waals surface area contributed by atoms with Crippen LogP contribution in [0.2, 0.25) is 0 Å². The maximum absolute atomic E-state index is 12.8. The second-order valence-electron chi connectivity index (χ2n) is 5.71. The number of aliphatic hydroxyl groups is 1. The van der Waals surface area contributed by atoms with Gasteiger partial charge >= 0.3 is 0 Å². The number of fused-ring (bicyclic) bond motifs is 1. The molecule has 2 heterocycles. The van der Waals surface area contributed by atoms with Gasteiger partial charge in [-0.15, -0.1) is 0 Å². The standard InChI is InChI=1S/C17H20N2O5/c1-9-16(24-10(2)18-9)17(21)19-7-11-13(22-3)5-6-14(23-4)15(11)12(20)8-19/h5-6,12,20H,7-8H2,1-4H3/t12-/m0/s1. The van der Waals surface area contributed by atoms with E-state index in [1.807, 2.05) is 0 Å². The molecule has 1 aliphatic heterocycles. The number of carbonyl (C=O) groups excluding carboxylic acids is 1. The summed E-state index contributed by atoms with van der Waals surface area (Å²) >= 11 is 0. The lowest BCUT2D eigenvalue weighted by Crippen LogP contribution is -2.38. The van der Waals surface area contributed by atoms with Crippen LogP contribution in [0.3, 0.4) is 0 Å². The van der Waals surface area contributed by atoms with E-state index in [0.717, 1.165) is 5.56 Å². The summed E-state index contributed by atoms with van der Waals surface area (Å²) in [6, 6.07) is 3.52. The first-order valence-corrected chi connectivity index (χ1v) is 7.61. The van der Waals surface area contributed by atoms with Crippen LogP contribution in [0.1, 0.15) is 39.4 Å². The third kappa shape index (κ3) is 2.60. The van der Waals surface area contributed by atoms with Crippen molar-refractivity contribution in [1.29, 1.82) is 0 Å². The van der Waals surface area contributed by atoms with Gasteiger partial charge in [0.15, 0.2) is 5.89 Å². The fourth-order valence-corrected chi connectivity index (χ4v) is 3.10. The number of nitrogens with zero attached hydrogens (tertiary/aromatic N) is 2. The van der Waals surface area contributed by atoms with Crippen molar-refractivity contribution in [2.24, 2.45) is 0 Å². The van der Waals surface area contributed by atoms with Crippen LogP contribution < -0.4 is 9.47 Å². The summed E-state index contributed by atoms with van der Waals surface area (Å²) in [6.45, 7) is 3.86. The third-order valence-electron chi connectivity index (χ3n) is 4.17. The summed E-state index contributed by atoms with van der Waals surface area (Å²) in [5.41, 5.74) is 1.93. The Bertz CT molecular complexity index is 784. The van der Waals surface area contributed by atoms with E-state index in [2.05, 4.69) is 4.98 Å². The van der Waals surface area contributed by atoms with Crippen LogP contribution in [0.25, 0.3) is 0 Å². The summed E-state index contributed by atoms with van der Waals surface area (Å²) in [5, 5.41) is 10.6. The van der Waals surface area contributed by atoms with Crippen molar-refractivity contribution in [3.8, 4) is 11.5 Å². The van der Waals surface area contributed by atoms with Gasteiger partial charge < -0.3 is 23.9 Å². The molecule has 0 radical (unpaired) electrons. The van der Waals surface area contributed by atoms with Crippen LogP contribution in [0.4, 0.5) is 0 Å². The molecule has 0 aliphatic carbocycles. The lowest BCUT2D eigenvalue weighted by atomic mass is 9.95. The van der Waals surface area contributed by atoms with Gasteiger partial charge in [-0.05, 0) is 19.1 Å². The number of methoxy groups -OCH3 is 2. The van der Waals surface area contributed by atoms with Gasteiger partial charge in [0.25, 0.3) is 5.91 Å². The zero-order valence-electron chi connectivity index (χ0n) is 14.1. The van der Waals surface area contributed by atoms with Gasteiger partial charge in [0.2, 0.25) is 5.76 Å². The number of oxazole rings is 1. The summed E-state index contributed by atoms with van der Waals surface area (Å²) in [6.07, 6.45) is -0.868. The number of rotatable bonds is 3. The highest BCUT2D eigenvalue weighted by Crippen LogP contribution is 2.39. The largest absolute Gasteiger partial charge is 0.496 e. The summed E-state index contributed by atoms with van der Waals surface area (Å²) in [5.74, 6) is 1.52. The number of hydrogen-bond donors (Lipinski definition) is 1. The Morgan fingerprint density at radius 3 is 2.54 bits per heavy atom. The first-order chi connectivity index (χ1) is 11.5. The number of aromatic nitrogens is 1. The Morgan fingerprint density at radius 2 is 1.96 bits per heavy atom. The lowest BCUT2D eigenvalue weighted by Gasteiger charge is -2.33. The highest BCUT2D eigenvalue weighted by molar-refractivity contribution is 5.92. The van der Waals surface area contributed by atoms with Crippen LogP contribution in [-0.4, -0.2) is 41.7 Å². The molecule has 1 aliphatic rings. The zero-order valence-corrected chi connectivity index (χ0v) is 14.1. The molecule has 7 heteroatoms. The molecule has 1 N–H and O–H groups in total. The number of carbonyl (C=O) groups is 1. The number of hydrogen-bond acceptors (Lipinski definition) is 6. The van der Waals surface area contributed by atoms with Crippen LogP contribution >= 0.6 is 0 Å². The van der Waals surface area contributed by atoms with Crippen molar-refractivity contribution in [1.82, 2.24) is 9.88 Å². The number of ether oxygens (including phenoxy) is 2. The number of aryl methyl sites for hydroxylation is 2. The Kier molecular flexibility index (Phi) is 4.19. The minimum absolute atomic E-state index is 0.147. The Morgan fingerprint density at radius 1 is 1.29 bits per heavy atom. The van der Waals surface area contributed by atoms with E-state index in [1.165, 1.54) is 4.90 Å². The zero-order chi connectivity index (χ0) is 17.4. The van der Waals surface area contributed by atoms with Crippen molar-refractivity contribution in [2.75, 3.05) is 20.8 Å². The third-order valence-corrected chi connectivity index (χ3v) is 4.17. The van der Waals surface area contributed by atoms with Crippen molar-refractivity contribution in [2.45, 2.75) is 26.5 Å². The molecular formula is C17H20N2O5. The van der Waals surface area contributed by atoms with Gasteiger partial charge in [-0.2, -0.15) is 0 Å². The number of amides is 1. The number of aliphatic hydroxyl groups excluding tert-OH is 1. The number of β-amino-alcohol motifs (C(OH)–C–C–N with tert-alkyl or cyclic N) is 1. The average Bonchev–Trinajstić information content (AvgIpc) is 2.91. The topological polar surface area (TPSA) is 85.0 Å². The van der Waals surface area contributed by atoms with Crippen molar-refractivity contribution >= 4 is 5.91 Å². The van der Waals surface area contributed by atoms with Crippen molar-refractivity contribution < 1.29 is 23.8 Å². The van der Waals surface area contributed by atoms with E-state index in [0.29, 0.717) is 35.2 Å². The van der Waals surface area contributed by atoms with Crippen LogP contribution in [0, 0.1) is 13.8 Å². The fourth-order valence-electron chi connectivity index (χ4n) is 3.10. The summed E-state index contributed by atoms with van der Waals surface area (Å²) < 4.78 is 16.1. The Labute approximate surface area is 139 Å². The first kappa shape index (κ1) is 16.3. The Balaban J connectivity index is 2.00. The molecule has 1 aromatic carbocycles. The molecule has 1 amide bonds. The Hall–Kier alpha value is -2.54. The lowest BCUT2D eigenvalue weighted by molar-refractivity contribution is 0.0509.